The molecule has 1 saturated carbocycles. The molecule has 536 valence electrons. The van der Waals surface area contributed by atoms with E-state index in [-0.39, 0.29) is 5.92 Å². The number of unbranched alkanes of at least 4 members (excludes halogenated alkanes) is 65. The second-order valence-corrected chi connectivity index (χ2v) is 31.0. The summed E-state index contributed by atoms with van der Waals surface area (Å²) in [6.45, 7) is 6.79. The number of rotatable bonds is 80. The smallest absolute Gasteiger partial charge is 0.309 e. The molecule has 0 aliphatic heterocycles. The van der Waals surface area contributed by atoms with E-state index in [9.17, 15) is 19.8 Å². The molecule has 0 bridgehead atoms. The monoisotopic (exact) mass is 1270 g/mol. The van der Waals surface area contributed by atoms with Crippen LogP contribution in [0.15, 0.2) is 0 Å². The van der Waals surface area contributed by atoms with Gasteiger partial charge in [-0.2, -0.15) is 0 Å². The fourth-order valence-electron chi connectivity index (χ4n) is 15.3. The van der Waals surface area contributed by atoms with Crippen molar-refractivity contribution in [1.29, 1.82) is 0 Å². The standard InChI is InChI=1S/C86H168O4/c1-4-6-8-10-12-14-16-18-20-22-23-24-25-26-29-33-40-46-52-58-64-70-76-83(86(89)90)85(88)78-72-66-60-54-48-42-34-30-27-28-32-38-44-50-56-62-68-74-81-79-82(81)75-69-63-57-51-45-39-35-36-41-47-53-59-65-71-77-84(87)80(3)73-67-61-55-49-43-37-31-21-19-17-15-13-11-9-7-5-2/h80-83,85,88H,4-79H2,1-3H3,(H,89,90). The maximum atomic E-state index is 12.7. The summed E-state index contributed by atoms with van der Waals surface area (Å²) in [5.74, 6) is 1.60. The summed E-state index contributed by atoms with van der Waals surface area (Å²) < 4.78 is 0. The van der Waals surface area contributed by atoms with Gasteiger partial charge in [-0.15, -0.1) is 0 Å². The summed E-state index contributed by atoms with van der Waals surface area (Å²) in [6, 6.07) is 0. The fraction of sp³-hybridized carbons (Fsp3) is 0.977. The number of Topliss-reactive ketones (excluding diaryl/α,β-unsaturated/α-hetero) is 1. The van der Waals surface area contributed by atoms with Crippen molar-refractivity contribution >= 4 is 11.8 Å². The van der Waals surface area contributed by atoms with E-state index in [0.29, 0.717) is 18.6 Å². The highest BCUT2D eigenvalue weighted by molar-refractivity contribution is 5.80. The van der Waals surface area contributed by atoms with Crippen LogP contribution < -0.4 is 0 Å². The van der Waals surface area contributed by atoms with Crippen LogP contribution >= 0.6 is 0 Å². The molecule has 0 amide bonds. The molecule has 5 unspecified atom stereocenters. The lowest BCUT2D eigenvalue weighted by Crippen LogP contribution is -2.28. The van der Waals surface area contributed by atoms with Crippen LogP contribution in [0.1, 0.15) is 509 Å². The number of aliphatic hydroxyl groups excluding tert-OH is 1. The molecule has 0 radical (unpaired) electrons. The van der Waals surface area contributed by atoms with Crippen molar-refractivity contribution in [2.75, 3.05) is 0 Å². The number of aliphatic hydroxyl groups is 1. The Hall–Kier alpha value is -0.900. The summed E-state index contributed by atoms with van der Waals surface area (Å²) in [7, 11) is 0. The summed E-state index contributed by atoms with van der Waals surface area (Å²) >= 11 is 0. The third kappa shape index (κ3) is 64.4. The van der Waals surface area contributed by atoms with E-state index in [1.807, 2.05) is 0 Å². The van der Waals surface area contributed by atoms with Crippen LogP contribution in [0.25, 0.3) is 0 Å². The zero-order chi connectivity index (χ0) is 64.8. The maximum absolute atomic E-state index is 12.7. The number of carbonyl (C=O) groups excluding carboxylic acids is 1. The van der Waals surface area contributed by atoms with Crippen LogP contribution in [0.5, 0.6) is 0 Å². The number of hydrogen-bond acceptors (Lipinski definition) is 3. The van der Waals surface area contributed by atoms with Crippen LogP contribution in [0.3, 0.4) is 0 Å². The van der Waals surface area contributed by atoms with Crippen LogP contribution in [0.2, 0.25) is 0 Å². The number of hydrogen-bond donors (Lipinski definition) is 2. The molecule has 5 atom stereocenters. The Bertz CT molecular complexity index is 1390. The first kappa shape index (κ1) is 87.1. The average molecular weight is 1270 g/mol. The predicted molar refractivity (Wildman–Crippen MR) is 401 cm³/mol. The normalized spacial score (nSPS) is 15.1. The largest absolute Gasteiger partial charge is 0.481 e. The van der Waals surface area contributed by atoms with Gasteiger partial charge in [-0.05, 0) is 43.9 Å². The molecule has 0 aromatic carbocycles. The zero-order valence-electron chi connectivity index (χ0n) is 62.3. The quantitative estimate of drug-likeness (QED) is 0.0595. The lowest BCUT2D eigenvalue weighted by atomic mass is 9.91. The SMILES string of the molecule is CCCCCCCCCCCCCCCCCCCCCCCCC(C(=O)O)C(O)CCCCCCCCCCCCCCCCCCCC1CC1CCCCCCCCCCCCCCCCC(=O)C(C)CCCCCCCCCCCCCCCCCC. The molecular formula is C86H168O4. The molecule has 0 aromatic rings. The van der Waals surface area contributed by atoms with Gasteiger partial charge in [0.05, 0.1) is 12.0 Å². The first-order valence-electron chi connectivity index (χ1n) is 42.8. The van der Waals surface area contributed by atoms with Crippen molar-refractivity contribution < 1.29 is 19.8 Å². The predicted octanol–water partition coefficient (Wildman–Crippen LogP) is 30.2. The Kier molecular flexibility index (Phi) is 70.0. The molecule has 0 spiro atoms. The molecule has 0 saturated heterocycles. The van der Waals surface area contributed by atoms with Crippen molar-refractivity contribution in [1.82, 2.24) is 0 Å². The van der Waals surface area contributed by atoms with Crippen molar-refractivity contribution in [2.24, 2.45) is 23.7 Å². The Morgan fingerprint density at radius 2 is 0.478 bits per heavy atom. The second-order valence-electron chi connectivity index (χ2n) is 31.0. The first-order valence-corrected chi connectivity index (χ1v) is 42.8. The minimum Gasteiger partial charge on any atom is -0.481 e. The van der Waals surface area contributed by atoms with Gasteiger partial charge in [0.25, 0.3) is 0 Å². The minimum atomic E-state index is -0.800. The number of ketones is 1. The Morgan fingerprint density at radius 3 is 0.722 bits per heavy atom. The van der Waals surface area contributed by atoms with E-state index in [0.717, 1.165) is 56.8 Å². The van der Waals surface area contributed by atoms with E-state index in [2.05, 4.69) is 20.8 Å². The van der Waals surface area contributed by atoms with Gasteiger partial charge >= 0.3 is 5.97 Å². The number of carbonyl (C=O) groups is 2. The van der Waals surface area contributed by atoms with Gasteiger partial charge in [0.15, 0.2) is 0 Å². The summed E-state index contributed by atoms with van der Waals surface area (Å²) in [6.07, 6.45) is 102. The van der Waals surface area contributed by atoms with E-state index in [1.165, 1.54) is 424 Å². The average Bonchev–Trinajstić information content (AvgIpc) is 4.35. The molecule has 1 aliphatic carbocycles. The van der Waals surface area contributed by atoms with Gasteiger partial charge in [-0.1, -0.05) is 470 Å². The zero-order valence-corrected chi connectivity index (χ0v) is 62.3. The molecule has 0 heterocycles. The van der Waals surface area contributed by atoms with Gasteiger partial charge in [-0.25, -0.2) is 0 Å². The van der Waals surface area contributed by atoms with E-state index in [4.69, 9.17) is 0 Å². The number of carboxylic acids is 1. The molecule has 1 fully saturated rings. The number of aliphatic carboxylic acids is 1. The van der Waals surface area contributed by atoms with E-state index in [1.54, 1.807) is 6.42 Å². The van der Waals surface area contributed by atoms with E-state index >= 15 is 0 Å². The molecular weight excluding hydrogens is 1100 g/mol. The van der Waals surface area contributed by atoms with Gasteiger partial charge in [0.2, 0.25) is 0 Å². The molecule has 90 heavy (non-hydrogen) atoms. The van der Waals surface area contributed by atoms with E-state index < -0.39 is 18.0 Å². The molecule has 1 aliphatic rings. The maximum Gasteiger partial charge on any atom is 0.309 e. The third-order valence-corrected chi connectivity index (χ3v) is 22.1. The highest BCUT2D eigenvalue weighted by Gasteiger charge is 2.35. The van der Waals surface area contributed by atoms with Crippen LogP contribution in [-0.4, -0.2) is 28.1 Å². The van der Waals surface area contributed by atoms with Crippen molar-refractivity contribution in [3.8, 4) is 0 Å². The molecule has 4 heteroatoms. The lowest BCUT2D eigenvalue weighted by Gasteiger charge is -2.19. The van der Waals surface area contributed by atoms with Crippen molar-refractivity contribution in [3.63, 3.8) is 0 Å². The van der Waals surface area contributed by atoms with Gasteiger partial charge in [0, 0.05) is 12.3 Å². The molecule has 4 nitrogen and oxygen atoms in total. The van der Waals surface area contributed by atoms with Crippen molar-refractivity contribution in [3.05, 3.63) is 0 Å². The first-order chi connectivity index (χ1) is 44.4. The summed E-state index contributed by atoms with van der Waals surface area (Å²) in [5, 5.41) is 20.6. The molecule has 1 rings (SSSR count). The van der Waals surface area contributed by atoms with Gasteiger partial charge in [0.1, 0.15) is 5.78 Å². The van der Waals surface area contributed by atoms with Gasteiger partial charge in [-0.3, -0.25) is 9.59 Å². The topological polar surface area (TPSA) is 74.6 Å². The summed E-state index contributed by atoms with van der Waals surface area (Å²) in [4.78, 5) is 24.7. The molecule has 2 N–H and O–H groups in total. The van der Waals surface area contributed by atoms with Crippen LogP contribution in [-0.2, 0) is 9.59 Å². The Morgan fingerprint density at radius 1 is 0.278 bits per heavy atom. The summed E-state index contributed by atoms with van der Waals surface area (Å²) in [5.41, 5.74) is 0. The lowest BCUT2D eigenvalue weighted by molar-refractivity contribution is -0.146. The Balaban J connectivity index is 1.74. The van der Waals surface area contributed by atoms with Crippen LogP contribution in [0, 0.1) is 23.7 Å². The van der Waals surface area contributed by atoms with Gasteiger partial charge < -0.3 is 10.2 Å². The van der Waals surface area contributed by atoms with Crippen molar-refractivity contribution in [2.45, 2.75) is 515 Å². The number of carboxylic acid groups (broad SMARTS) is 1. The fourth-order valence-corrected chi connectivity index (χ4v) is 15.3. The third-order valence-electron chi connectivity index (χ3n) is 22.1. The second kappa shape index (κ2) is 72.4. The molecule has 0 aromatic heterocycles. The highest BCUT2D eigenvalue weighted by atomic mass is 16.4. The van der Waals surface area contributed by atoms with Crippen LogP contribution in [0.4, 0.5) is 0 Å². The Labute approximate surface area is 567 Å². The highest BCUT2D eigenvalue weighted by Crippen LogP contribution is 2.46. The minimum absolute atomic E-state index is 0.282.